The monoisotopic (exact) mass is 385 g/mol. The number of hydrogen-bond acceptors (Lipinski definition) is 7. The number of nitrogens with zero attached hydrogens (tertiary/aromatic N) is 3. The second-order valence-electron chi connectivity index (χ2n) is 5.66. The summed E-state index contributed by atoms with van der Waals surface area (Å²) in [5.41, 5.74) is 4.57. The number of piperazine rings is 1. The van der Waals surface area contributed by atoms with Crippen LogP contribution in [0, 0.1) is 10.1 Å². The summed E-state index contributed by atoms with van der Waals surface area (Å²) in [7, 11) is -3.83. The van der Waals surface area contributed by atoms with Crippen LogP contribution < -0.4 is 11.1 Å². The highest BCUT2D eigenvalue weighted by molar-refractivity contribution is 7.89. The van der Waals surface area contributed by atoms with E-state index in [1.54, 1.807) is 0 Å². The van der Waals surface area contributed by atoms with Crippen LogP contribution in [0.4, 0.5) is 10.5 Å². The fourth-order valence-corrected chi connectivity index (χ4v) is 4.02. The van der Waals surface area contributed by atoms with Crippen molar-refractivity contribution in [3.8, 4) is 0 Å². The molecule has 0 saturated carbocycles. The maximum absolute atomic E-state index is 12.6. The summed E-state index contributed by atoms with van der Waals surface area (Å²) in [6.45, 7) is 1.56. The van der Waals surface area contributed by atoms with Gasteiger partial charge in [0.1, 0.15) is 0 Å². The normalized spacial score (nSPS) is 16.2. The first-order chi connectivity index (χ1) is 12.2. The highest BCUT2D eigenvalue weighted by Gasteiger charge is 2.29. The van der Waals surface area contributed by atoms with Crippen molar-refractivity contribution >= 4 is 27.6 Å². The van der Waals surface area contributed by atoms with Crippen LogP contribution in [0.15, 0.2) is 29.2 Å². The Kier molecular flexibility index (Phi) is 6.23. The molecule has 3 amide bonds. The Morgan fingerprint density at radius 1 is 1.23 bits per heavy atom. The molecule has 26 heavy (non-hydrogen) atoms. The summed E-state index contributed by atoms with van der Waals surface area (Å²) < 4.78 is 26.5. The van der Waals surface area contributed by atoms with E-state index in [1.165, 1.54) is 22.5 Å². The Balaban J connectivity index is 1.94. The Bertz CT molecular complexity index is 804. The minimum Gasteiger partial charge on any atom is -0.351 e. The van der Waals surface area contributed by atoms with Crippen molar-refractivity contribution in [2.75, 3.05) is 32.7 Å². The number of carbonyl (C=O) groups is 2. The van der Waals surface area contributed by atoms with E-state index in [1.807, 2.05) is 10.2 Å². The van der Waals surface area contributed by atoms with Crippen LogP contribution >= 0.6 is 0 Å². The molecule has 3 N–H and O–H groups in total. The number of nitro benzene ring substituents is 1. The summed E-state index contributed by atoms with van der Waals surface area (Å²) in [5.74, 6) is -0.496. The van der Waals surface area contributed by atoms with Crippen LogP contribution in [0.2, 0.25) is 0 Å². The van der Waals surface area contributed by atoms with Crippen molar-refractivity contribution in [2.45, 2.75) is 11.3 Å². The van der Waals surface area contributed by atoms with Gasteiger partial charge >= 0.3 is 6.03 Å². The Morgan fingerprint density at radius 2 is 1.88 bits per heavy atom. The molecule has 1 fully saturated rings. The van der Waals surface area contributed by atoms with Gasteiger partial charge in [0, 0.05) is 51.3 Å². The molecule has 1 aliphatic heterocycles. The van der Waals surface area contributed by atoms with Crippen LogP contribution in [0.3, 0.4) is 0 Å². The smallest absolute Gasteiger partial charge is 0.318 e. The van der Waals surface area contributed by atoms with E-state index in [2.05, 4.69) is 0 Å². The molecule has 12 heteroatoms. The van der Waals surface area contributed by atoms with Gasteiger partial charge in [0.2, 0.25) is 15.9 Å². The molecule has 0 unspecified atom stereocenters. The quantitative estimate of drug-likeness (QED) is 0.493. The van der Waals surface area contributed by atoms with E-state index in [9.17, 15) is 28.1 Å². The first kappa shape index (κ1) is 19.8. The van der Waals surface area contributed by atoms with Crippen LogP contribution in [-0.2, 0) is 14.8 Å². The van der Waals surface area contributed by atoms with Crippen LogP contribution in [0.25, 0.3) is 0 Å². The van der Waals surface area contributed by atoms with Gasteiger partial charge in [-0.1, -0.05) is 6.07 Å². The van der Waals surface area contributed by atoms with Gasteiger partial charge in [-0.25, -0.2) is 13.2 Å². The maximum Gasteiger partial charge on any atom is 0.318 e. The summed E-state index contributed by atoms with van der Waals surface area (Å²) in [6.07, 6.45) is 0.0700. The number of benzene rings is 1. The molecule has 1 aromatic carbocycles. The fourth-order valence-electron chi connectivity index (χ4n) is 2.56. The Hall–Kier alpha value is -2.57. The molecule has 0 aliphatic carbocycles. The molecule has 0 bridgehead atoms. The number of nitrogens with two attached hydrogens (primary N) is 1. The molecule has 0 spiro atoms. The van der Waals surface area contributed by atoms with Gasteiger partial charge in [0.15, 0.2) is 0 Å². The number of hydrogen-bond donors (Lipinski definition) is 2. The standard InChI is InChI=1S/C14H19N5O6S/c15-14(21)16-13(20)4-5-17-6-8-18(9-7-17)26(24,25)12-3-1-2-11(10-12)19(22)23/h1-3,10H,4-9H2,(H3,15,16,20,21). The molecular formula is C14H19N5O6S. The molecule has 142 valence electrons. The molecule has 0 radical (unpaired) electrons. The minimum absolute atomic E-state index is 0.0700. The van der Waals surface area contributed by atoms with E-state index in [-0.39, 0.29) is 30.1 Å². The van der Waals surface area contributed by atoms with Crippen molar-refractivity contribution in [3.63, 3.8) is 0 Å². The minimum atomic E-state index is -3.83. The average Bonchev–Trinajstić information content (AvgIpc) is 2.60. The topological polar surface area (TPSA) is 156 Å². The van der Waals surface area contributed by atoms with E-state index < -0.39 is 26.9 Å². The largest absolute Gasteiger partial charge is 0.351 e. The number of carbonyl (C=O) groups excluding carboxylic acids is 2. The van der Waals surface area contributed by atoms with Gasteiger partial charge in [-0.05, 0) is 6.07 Å². The third-order valence-corrected chi connectivity index (χ3v) is 5.81. The summed E-state index contributed by atoms with van der Waals surface area (Å²) in [6, 6.07) is 4.01. The van der Waals surface area contributed by atoms with Gasteiger partial charge in [-0.15, -0.1) is 0 Å². The third kappa shape index (κ3) is 4.97. The zero-order valence-electron chi connectivity index (χ0n) is 13.8. The van der Waals surface area contributed by atoms with E-state index in [0.29, 0.717) is 19.6 Å². The van der Waals surface area contributed by atoms with E-state index >= 15 is 0 Å². The second-order valence-corrected chi connectivity index (χ2v) is 7.60. The summed E-state index contributed by atoms with van der Waals surface area (Å²) in [5, 5.41) is 12.8. The molecule has 0 aromatic heterocycles. The number of nitrogens with one attached hydrogen (secondary N) is 1. The number of sulfonamides is 1. The lowest BCUT2D eigenvalue weighted by atomic mass is 10.3. The third-order valence-electron chi connectivity index (χ3n) is 3.92. The molecule has 1 saturated heterocycles. The zero-order valence-corrected chi connectivity index (χ0v) is 14.6. The van der Waals surface area contributed by atoms with Crippen molar-refractivity contribution in [2.24, 2.45) is 5.73 Å². The molecule has 1 aliphatic rings. The lowest BCUT2D eigenvalue weighted by molar-refractivity contribution is -0.385. The molecule has 0 atom stereocenters. The van der Waals surface area contributed by atoms with Crippen LogP contribution in [-0.4, -0.2) is 67.2 Å². The Morgan fingerprint density at radius 3 is 2.46 bits per heavy atom. The van der Waals surface area contributed by atoms with Gasteiger partial charge in [0.05, 0.1) is 9.82 Å². The molecule has 1 heterocycles. The average molecular weight is 385 g/mol. The molecule has 1 aromatic rings. The number of nitro groups is 1. The van der Waals surface area contributed by atoms with Crippen molar-refractivity contribution in [1.29, 1.82) is 0 Å². The summed E-state index contributed by atoms with van der Waals surface area (Å²) in [4.78, 5) is 33.9. The van der Waals surface area contributed by atoms with Gasteiger partial charge < -0.3 is 10.6 Å². The van der Waals surface area contributed by atoms with Crippen molar-refractivity contribution in [3.05, 3.63) is 34.4 Å². The lowest BCUT2D eigenvalue weighted by Crippen LogP contribution is -2.49. The van der Waals surface area contributed by atoms with Gasteiger partial charge in [-0.2, -0.15) is 4.31 Å². The first-order valence-corrected chi connectivity index (χ1v) is 9.20. The SMILES string of the molecule is NC(=O)NC(=O)CCN1CCN(S(=O)(=O)c2cccc([N+](=O)[O-])c2)CC1. The van der Waals surface area contributed by atoms with E-state index in [4.69, 9.17) is 5.73 Å². The highest BCUT2D eigenvalue weighted by atomic mass is 32.2. The lowest BCUT2D eigenvalue weighted by Gasteiger charge is -2.33. The number of amides is 3. The molecular weight excluding hydrogens is 366 g/mol. The molecule has 11 nitrogen and oxygen atoms in total. The molecule has 2 rings (SSSR count). The maximum atomic E-state index is 12.6. The Labute approximate surface area is 149 Å². The zero-order chi connectivity index (χ0) is 19.3. The highest BCUT2D eigenvalue weighted by Crippen LogP contribution is 2.22. The van der Waals surface area contributed by atoms with Gasteiger partial charge in [-0.3, -0.25) is 20.2 Å². The van der Waals surface area contributed by atoms with Crippen molar-refractivity contribution < 1.29 is 22.9 Å². The van der Waals surface area contributed by atoms with Gasteiger partial charge in [0.25, 0.3) is 5.69 Å². The van der Waals surface area contributed by atoms with E-state index in [0.717, 1.165) is 6.07 Å². The number of imide groups is 1. The van der Waals surface area contributed by atoms with Crippen molar-refractivity contribution in [1.82, 2.24) is 14.5 Å². The predicted molar refractivity (Wildman–Crippen MR) is 90.6 cm³/mol. The summed E-state index contributed by atoms with van der Waals surface area (Å²) >= 11 is 0. The fraction of sp³-hybridized carbons (Fsp3) is 0.429. The van der Waals surface area contributed by atoms with Crippen LogP contribution in [0.5, 0.6) is 0 Å². The number of urea groups is 1. The predicted octanol–water partition coefficient (Wildman–Crippen LogP) is -0.514. The second kappa shape index (κ2) is 8.21. The first-order valence-electron chi connectivity index (χ1n) is 7.76. The number of primary amides is 1. The number of rotatable bonds is 6. The number of non-ortho nitro benzene ring substituents is 1. The van der Waals surface area contributed by atoms with Crippen LogP contribution in [0.1, 0.15) is 6.42 Å².